The van der Waals surface area contributed by atoms with Gasteiger partial charge in [0.15, 0.2) is 0 Å². The fraction of sp³-hybridized carbons (Fsp3) is 0.308. The summed E-state index contributed by atoms with van der Waals surface area (Å²) in [5.41, 5.74) is 1.05. The standard InChI is InChI=1S/C26H31N5O4/c1-18(2)23(26(34)28-13-6-15-31-16-14-27-17-31)30-25(33)21-7-4-5-8-22(21)29-24(32)19-9-11-20(35-3)12-10-19/h4-5,7-12,14,16-18,23H,6,13,15H2,1-3H3,(H,28,34)(H,29,32)(H,30,33)/t23-/m1/s1. The van der Waals surface area contributed by atoms with E-state index >= 15 is 0 Å². The molecule has 0 unspecified atom stereocenters. The smallest absolute Gasteiger partial charge is 0.255 e. The fourth-order valence-electron chi connectivity index (χ4n) is 3.48. The summed E-state index contributed by atoms with van der Waals surface area (Å²) in [6, 6.07) is 12.6. The van der Waals surface area contributed by atoms with Crippen LogP contribution >= 0.6 is 0 Å². The van der Waals surface area contributed by atoms with Gasteiger partial charge in [-0.05, 0) is 48.7 Å². The van der Waals surface area contributed by atoms with E-state index < -0.39 is 11.9 Å². The number of hydrogen-bond acceptors (Lipinski definition) is 5. The largest absolute Gasteiger partial charge is 0.497 e. The van der Waals surface area contributed by atoms with E-state index in [-0.39, 0.29) is 23.3 Å². The molecule has 0 spiro atoms. The van der Waals surface area contributed by atoms with Crippen molar-refractivity contribution in [1.29, 1.82) is 0 Å². The van der Waals surface area contributed by atoms with E-state index in [1.54, 1.807) is 68.2 Å². The number of carbonyl (C=O) groups excluding carboxylic acids is 3. The summed E-state index contributed by atoms with van der Waals surface area (Å²) in [5, 5.41) is 8.50. The van der Waals surface area contributed by atoms with Crippen LogP contribution in [-0.4, -0.2) is 47.0 Å². The molecule has 9 heteroatoms. The Labute approximate surface area is 204 Å². The molecule has 0 aliphatic heterocycles. The lowest BCUT2D eigenvalue weighted by atomic mass is 10.0. The molecule has 0 saturated heterocycles. The number of methoxy groups -OCH3 is 1. The van der Waals surface area contributed by atoms with Crippen molar-refractivity contribution >= 4 is 23.4 Å². The molecular weight excluding hydrogens is 446 g/mol. The SMILES string of the molecule is COc1ccc(C(=O)Nc2ccccc2C(=O)N[C@@H](C(=O)NCCCn2ccnc2)C(C)C)cc1. The normalized spacial score (nSPS) is 11.5. The topological polar surface area (TPSA) is 114 Å². The molecule has 2 aromatic carbocycles. The summed E-state index contributed by atoms with van der Waals surface area (Å²) in [4.78, 5) is 42.6. The number of aryl methyl sites for hydroxylation is 1. The third-order valence-electron chi connectivity index (χ3n) is 5.46. The predicted molar refractivity (Wildman–Crippen MR) is 133 cm³/mol. The van der Waals surface area contributed by atoms with Crippen LogP contribution < -0.4 is 20.7 Å². The fourth-order valence-corrected chi connectivity index (χ4v) is 3.48. The van der Waals surface area contributed by atoms with Crippen molar-refractivity contribution in [2.24, 2.45) is 5.92 Å². The first kappa shape index (κ1) is 25.5. The van der Waals surface area contributed by atoms with Gasteiger partial charge in [0.05, 0.1) is 24.7 Å². The molecule has 3 aromatic rings. The predicted octanol–water partition coefficient (Wildman–Crippen LogP) is 3.10. The van der Waals surface area contributed by atoms with E-state index in [1.807, 2.05) is 24.6 Å². The molecule has 0 fully saturated rings. The van der Waals surface area contributed by atoms with Crippen molar-refractivity contribution in [2.75, 3.05) is 19.0 Å². The molecule has 3 amide bonds. The van der Waals surface area contributed by atoms with E-state index in [0.717, 1.165) is 13.0 Å². The van der Waals surface area contributed by atoms with E-state index in [0.29, 0.717) is 23.5 Å². The lowest BCUT2D eigenvalue weighted by Gasteiger charge is -2.22. The Morgan fingerprint density at radius 3 is 2.43 bits per heavy atom. The Balaban J connectivity index is 1.62. The number of carbonyl (C=O) groups is 3. The Bertz CT molecular complexity index is 1130. The Kier molecular flexibility index (Phi) is 9.00. The van der Waals surface area contributed by atoms with E-state index in [4.69, 9.17) is 4.74 Å². The number of anilines is 1. The van der Waals surface area contributed by atoms with E-state index in [1.165, 1.54) is 0 Å². The highest BCUT2D eigenvalue weighted by Gasteiger charge is 2.25. The van der Waals surface area contributed by atoms with Gasteiger partial charge in [-0.15, -0.1) is 0 Å². The summed E-state index contributed by atoms with van der Waals surface area (Å²) in [7, 11) is 1.55. The number of amides is 3. The average Bonchev–Trinajstić information content (AvgIpc) is 3.38. The molecule has 1 atom stereocenters. The minimum Gasteiger partial charge on any atom is -0.497 e. The van der Waals surface area contributed by atoms with Gasteiger partial charge in [0.1, 0.15) is 11.8 Å². The van der Waals surface area contributed by atoms with E-state index in [2.05, 4.69) is 20.9 Å². The van der Waals surface area contributed by atoms with Gasteiger partial charge in [0.2, 0.25) is 5.91 Å². The maximum Gasteiger partial charge on any atom is 0.255 e. The molecule has 3 rings (SSSR count). The zero-order chi connectivity index (χ0) is 25.2. The van der Waals surface area contributed by atoms with Gasteiger partial charge in [-0.25, -0.2) is 4.98 Å². The maximum atomic E-state index is 13.1. The van der Waals surface area contributed by atoms with Gasteiger partial charge in [-0.1, -0.05) is 26.0 Å². The molecule has 3 N–H and O–H groups in total. The first-order valence-corrected chi connectivity index (χ1v) is 11.5. The molecule has 0 bridgehead atoms. The lowest BCUT2D eigenvalue weighted by Crippen LogP contribution is -2.50. The van der Waals surface area contributed by atoms with Crippen LogP contribution in [-0.2, 0) is 11.3 Å². The number of rotatable bonds is 11. The minimum absolute atomic E-state index is 0.131. The first-order chi connectivity index (χ1) is 16.9. The second-order valence-electron chi connectivity index (χ2n) is 8.37. The van der Waals surface area contributed by atoms with Gasteiger partial charge in [0, 0.05) is 31.0 Å². The Morgan fingerprint density at radius 2 is 1.77 bits per heavy atom. The molecule has 0 radical (unpaired) electrons. The van der Waals surface area contributed by atoms with Gasteiger partial charge < -0.3 is 25.3 Å². The zero-order valence-corrected chi connectivity index (χ0v) is 20.2. The number of hydrogen-bond donors (Lipinski definition) is 3. The molecule has 0 aliphatic carbocycles. The summed E-state index contributed by atoms with van der Waals surface area (Å²) in [6.07, 6.45) is 6.04. The zero-order valence-electron chi connectivity index (χ0n) is 20.2. The highest BCUT2D eigenvalue weighted by atomic mass is 16.5. The molecule has 1 heterocycles. The van der Waals surface area contributed by atoms with Crippen LogP contribution in [0.25, 0.3) is 0 Å². The Morgan fingerprint density at radius 1 is 1.03 bits per heavy atom. The number of benzene rings is 2. The second kappa shape index (κ2) is 12.4. The van der Waals surface area contributed by atoms with Crippen molar-refractivity contribution in [3.8, 4) is 5.75 Å². The van der Waals surface area contributed by atoms with Crippen molar-refractivity contribution in [3.63, 3.8) is 0 Å². The summed E-state index contributed by atoms with van der Waals surface area (Å²) < 4.78 is 7.06. The van der Waals surface area contributed by atoms with Crippen molar-refractivity contribution in [1.82, 2.24) is 20.2 Å². The van der Waals surface area contributed by atoms with Crippen LogP contribution in [0.15, 0.2) is 67.3 Å². The summed E-state index contributed by atoms with van der Waals surface area (Å²) in [6.45, 7) is 4.95. The van der Waals surface area contributed by atoms with Crippen LogP contribution in [0.5, 0.6) is 5.75 Å². The van der Waals surface area contributed by atoms with Gasteiger partial charge >= 0.3 is 0 Å². The molecule has 0 aliphatic rings. The van der Waals surface area contributed by atoms with Crippen molar-refractivity contribution < 1.29 is 19.1 Å². The highest BCUT2D eigenvalue weighted by molar-refractivity contribution is 6.09. The quantitative estimate of drug-likeness (QED) is 0.367. The van der Waals surface area contributed by atoms with Gasteiger partial charge in [0.25, 0.3) is 11.8 Å². The summed E-state index contributed by atoms with van der Waals surface area (Å²) >= 11 is 0. The second-order valence-corrected chi connectivity index (χ2v) is 8.37. The monoisotopic (exact) mass is 477 g/mol. The molecule has 184 valence electrons. The first-order valence-electron chi connectivity index (χ1n) is 11.5. The van der Waals surface area contributed by atoms with Crippen molar-refractivity contribution in [3.05, 3.63) is 78.4 Å². The van der Waals surface area contributed by atoms with Crippen molar-refractivity contribution in [2.45, 2.75) is 32.9 Å². The number of nitrogens with zero attached hydrogens (tertiary/aromatic N) is 2. The highest BCUT2D eigenvalue weighted by Crippen LogP contribution is 2.18. The van der Waals surface area contributed by atoms with Gasteiger partial charge in [-0.2, -0.15) is 0 Å². The molecular formula is C26H31N5O4. The van der Waals surface area contributed by atoms with Crippen LogP contribution in [0.3, 0.4) is 0 Å². The molecule has 9 nitrogen and oxygen atoms in total. The van der Waals surface area contributed by atoms with Gasteiger partial charge in [-0.3, -0.25) is 14.4 Å². The van der Waals surface area contributed by atoms with Crippen LogP contribution in [0.4, 0.5) is 5.69 Å². The average molecular weight is 478 g/mol. The number of ether oxygens (including phenoxy) is 1. The minimum atomic E-state index is -0.721. The Hall–Kier alpha value is -4.14. The van der Waals surface area contributed by atoms with E-state index in [9.17, 15) is 14.4 Å². The van der Waals surface area contributed by atoms with Crippen LogP contribution in [0, 0.1) is 5.92 Å². The van der Waals surface area contributed by atoms with Crippen LogP contribution in [0.1, 0.15) is 41.0 Å². The number of nitrogens with one attached hydrogen (secondary N) is 3. The number of para-hydroxylation sites is 1. The molecule has 35 heavy (non-hydrogen) atoms. The van der Waals surface area contributed by atoms with Crippen LogP contribution in [0.2, 0.25) is 0 Å². The molecule has 0 saturated carbocycles. The maximum absolute atomic E-state index is 13.1. The third kappa shape index (κ3) is 7.17. The number of imidazole rings is 1. The number of aromatic nitrogens is 2. The summed E-state index contributed by atoms with van der Waals surface area (Å²) in [5.74, 6) is -0.541. The lowest BCUT2D eigenvalue weighted by molar-refractivity contribution is -0.123. The molecule has 1 aromatic heterocycles. The third-order valence-corrected chi connectivity index (χ3v) is 5.46.